The van der Waals surface area contributed by atoms with Crippen molar-refractivity contribution in [2.24, 2.45) is 0 Å². The van der Waals surface area contributed by atoms with E-state index in [-0.39, 0.29) is 32.0 Å². The Bertz CT molecular complexity index is 1220. The molecule has 1 heterocycles. The predicted octanol–water partition coefficient (Wildman–Crippen LogP) is 10.8. The van der Waals surface area contributed by atoms with Gasteiger partial charge in [-0.05, 0) is 64.2 Å². The second kappa shape index (κ2) is 41.2. The van der Waals surface area contributed by atoms with Crippen molar-refractivity contribution in [2.45, 2.75) is 218 Å². The fraction of sp³-hybridized carbons (Fsp3) is 0.725. The van der Waals surface area contributed by atoms with Crippen molar-refractivity contribution in [3.8, 4) is 0 Å². The molecular formula is C51H86O10. The lowest BCUT2D eigenvalue weighted by atomic mass is 9.99. The third-order valence-electron chi connectivity index (χ3n) is 10.6. The van der Waals surface area contributed by atoms with Gasteiger partial charge in [0.2, 0.25) is 0 Å². The molecule has 0 spiro atoms. The van der Waals surface area contributed by atoms with Crippen LogP contribution in [0.4, 0.5) is 0 Å². The molecule has 3 unspecified atom stereocenters. The summed E-state index contributed by atoms with van der Waals surface area (Å²) in [5.41, 5.74) is 0. The summed E-state index contributed by atoms with van der Waals surface area (Å²) in [7, 11) is 0. The largest absolute Gasteiger partial charge is 0.462 e. The second-order valence-corrected chi connectivity index (χ2v) is 16.2. The van der Waals surface area contributed by atoms with E-state index in [2.05, 4.69) is 68.5 Å². The molecule has 1 fully saturated rings. The smallest absolute Gasteiger partial charge is 0.306 e. The first-order valence-corrected chi connectivity index (χ1v) is 24.0. The summed E-state index contributed by atoms with van der Waals surface area (Å²) < 4.78 is 22.2. The Labute approximate surface area is 370 Å². The van der Waals surface area contributed by atoms with E-state index in [4.69, 9.17) is 18.9 Å². The first-order chi connectivity index (χ1) is 29.8. The van der Waals surface area contributed by atoms with E-state index in [1.807, 2.05) is 18.2 Å². The van der Waals surface area contributed by atoms with Crippen LogP contribution >= 0.6 is 0 Å². The van der Waals surface area contributed by atoms with Crippen LogP contribution in [0.3, 0.4) is 0 Å². The Balaban J connectivity index is 2.25. The molecule has 0 saturated carbocycles. The van der Waals surface area contributed by atoms with Crippen molar-refractivity contribution < 1.29 is 49.0 Å². The maximum Gasteiger partial charge on any atom is 0.306 e. The zero-order valence-corrected chi connectivity index (χ0v) is 38.1. The summed E-state index contributed by atoms with van der Waals surface area (Å²) >= 11 is 0. The number of hydrogen-bond acceptors (Lipinski definition) is 10. The van der Waals surface area contributed by atoms with Crippen LogP contribution < -0.4 is 0 Å². The van der Waals surface area contributed by atoms with Gasteiger partial charge in [0.1, 0.15) is 31.0 Å². The van der Waals surface area contributed by atoms with Crippen molar-refractivity contribution in [3.05, 3.63) is 72.9 Å². The second-order valence-electron chi connectivity index (χ2n) is 16.2. The van der Waals surface area contributed by atoms with Gasteiger partial charge in [0, 0.05) is 12.8 Å². The van der Waals surface area contributed by atoms with Crippen molar-refractivity contribution in [3.63, 3.8) is 0 Å². The molecule has 10 heteroatoms. The average Bonchev–Trinajstić information content (AvgIpc) is 3.26. The van der Waals surface area contributed by atoms with Gasteiger partial charge in [-0.25, -0.2) is 0 Å². The minimum absolute atomic E-state index is 0.204. The van der Waals surface area contributed by atoms with Crippen molar-refractivity contribution in [1.29, 1.82) is 0 Å². The highest BCUT2D eigenvalue weighted by molar-refractivity contribution is 5.70. The molecule has 0 amide bonds. The molecule has 6 atom stereocenters. The lowest BCUT2D eigenvalue weighted by Gasteiger charge is -2.39. The first-order valence-electron chi connectivity index (χ1n) is 24.0. The summed E-state index contributed by atoms with van der Waals surface area (Å²) in [6.07, 6.45) is 44.9. The van der Waals surface area contributed by atoms with Crippen LogP contribution in [0.25, 0.3) is 0 Å². The number of hydrogen-bond donors (Lipinski definition) is 4. The number of ether oxygens (including phenoxy) is 4. The summed E-state index contributed by atoms with van der Waals surface area (Å²) in [5, 5.41) is 40.1. The molecule has 1 aliphatic heterocycles. The van der Waals surface area contributed by atoms with E-state index in [0.29, 0.717) is 6.42 Å². The van der Waals surface area contributed by atoms with Gasteiger partial charge in [-0.1, -0.05) is 177 Å². The van der Waals surface area contributed by atoms with Gasteiger partial charge in [-0.2, -0.15) is 0 Å². The Hall–Kier alpha value is -2.86. The molecule has 10 nitrogen and oxygen atoms in total. The number of carbonyl (C=O) groups is 2. The first kappa shape index (κ1) is 56.2. The van der Waals surface area contributed by atoms with E-state index >= 15 is 0 Å². The highest BCUT2D eigenvalue weighted by atomic mass is 16.7. The summed E-state index contributed by atoms with van der Waals surface area (Å²) in [6.45, 7) is 3.16. The fourth-order valence-electron chi connectivity index (χ4n) is 6.91. The zero-order valence-electron chi connectivity index (χ0n) is 38.1. The molecule has 0 aromatic rings. The Kier molecular flexibility index (Phi) is 37.9. The van der Waals surface area contributed by atoms with Crippen LogP contribution in [0, 0.1) is 0 Å². The van der Waals surface area contributed by atoms with Crippen LogP contribution in [0.5, 0.6) is 0 Å². The van der Waals surface area contributed by atoms with Crippen molar-refractivity contribution in [1.82, 2.24) is 0 Å². The molecule has 0 aromatic carbocycles. The normalized spacial score (nSPS) is 20.4. The van der Waals surface area contributed by atoms with E-state index < -0.39 is 49.4 Å². The van der Waals surface area contributed by atoms with Crippen molar-refractivity contribution >= 4 is 11.9 Å². The topological polar surface area (TPSA) is 152 Å². The molecule has 0 radical (unpaired) electrons. The molecule has 1 rings (SSSR count). The average molecular weight is 859 g/mol. The number of unbranched alkanes of at least 4 members (excludes halogenated alkanes) is 18. The Morgan fingerprint density at radius 3 is 1.56 bits per heavy atom. The SMILES string of the molecule is CC/C=C/C=C/C=C/CCCCCCCC(=O)OC(COC(=O)CCCCCCCCCCCCCCC/C=C/C/C=C/C/C=C/CC)CO[C@H]1O[C@@H](CO)[C@@H](O)C(O)C1O. The minimum Gasteiger partial charge on any atom is -0.462 e. The molecule has 0 bridgehead atoms. The highest BCUT2D eigenvalue weighted by Gasteiger charge is 2.44. The lowest BCUT2D eigenvalue weighted by molar-refractivity contribution is -0.305. The van der Waals surface area contributed by atoms with Gasteiger partial charge in [-0.3, -0.25) is 9.59 Å². The fourth-order valence-corrected chi connectivity index (χ4v) is 6.91. The molecule has 61 heavy (non-hydrogen) atoms. The molecule has 1 aliphatic rings. The monoisotopic (exact) mass is 859 g/mol. The molecule has 0 aromatic heterocycles. The molecule has 350 valence electrons. The maximum absolute atomic E-state index is 12.8. The van der Waals surface area contributed by atoms with Crippen LogP contribution in [-0.2, 0) is 28.5 Å². The van der Waals surface area contributed by atoms with Crippen LogP contribution in [0.2, 0.25) is 0 Å². The summed E-state index contributed by atoms with van der Waals surface area (Å²) in [4.78, 5) is 25.4. The molecule has 1 saturated heterocycles. The van der Waals surface area contributed by atoms with Gasteiger partial charge in [0.25, 0.3) is 0 Å². The predicted molar refractivity (Wildman–Crippen MR) is 247 cm³/mol. The van der Waals surface area contributed by atoms with E-state index in [0.717, 1.165) is 83.5 Å². The van der Waals surface area contributed by atoms with Gasteiger partial charge in [0.05, 0.1) is 13.2 Å². The highest BCUT2D eigenvalue weighted by Crippen LogP contribution is 2.23. The Morgan fingerprint density at radius 2 is 1.00 bits per heavy atom. The van der Waals surface area contributed by atoms with Gasteiger partial charge in [0.15, 0.2) is 12.4 Å². The van der Waals surface area contributed by atoms with Crippen LogP contribution in [0.1, 0.15) is 181 Å². The number of esters is 2. The third-order valence-corrected chi connectivity index (χ3v) is 10.6. The molecule has 4 N–H and O–H groups in total. The zero-order chi connectivity index (χ0) is 44.4. The number of carbonyl (C=O) groups excluding carboxylic acids is 2. The van der Waals surface area contributed by atoms with Crippen LogP contribution in [0.15, 0.2) is 72.9 Å². The number of rotatable bonds is 39. The van der Waals surface area contributed by atoms with Gasteiger partial charge >= 0.3 is 11.9 Å². The maximum atomic E-state index is 12.8. The number of aliphatic hydroxyl groups is 4. The molecule has 0 aliphatic carbocycles. The van der Waals surface area contributed by atoms with Crippen LogP contribution in [-0.4, -0.2) is 89.0 Å². The van der Waals surface area contributed by atoms with E-state index in [1.165, 1.54) is 64.2 Å². The number of allylic oxidation sites excluding steroid dienone is 12. The van der Waals surface area contributed by atoms with Gasteiger partial charge in [-0.15, -0.1) is 0 Å². The lowest BCUT2D eigenvalue weighted by Crippen LogP contribution is -2.59. The van der Waals surface area contributed by atoms with E-state index in [1.54, 1.807) is 0 Å². The van der Waals surface area contributed by atoms with Gasteiger partial charge < -0.3 is 39.4 Å². The van der Waals surface area contributed by atoms with E-state index in [9.17, 15) is 30.0 Å². The summed E-state index contributed by atoms with van der Waals surface area (Å²) in [6, 6.07) is 0. The minimum atomic E-state index is -1.60. The summed E-state index contributed by atoms with van der Waals surface area (Å²) in [5.74, 6) is -0.835. The molecular weight excluding hydrogens is 773 g/mol. The standard InChI is InChI=1S/C51H86O10/c1-3-5-7-9-11-13-15-17-18-19-20-21-22-23-24-25-26-28-29-31-33-35-37-39-46(53)58-42-44(43-59-51-50(57)49(56)48(55)45(41-52)61-51)60-47(54)40-38-36-34-32-30-27-16-14-12-10-8-6-4-2/h5-8,10-14,16-18,44-45,48-52,55-57H,3-4,9,15,19-43H2,1-2H3/b7-5+,8-6+,12-10+,13-11+,16-14+,18-17+/t44?,45-,48+,49?,50?,51-/m0/s1. The third kappa shape index (κ3) is 32.5. The Morgan fingerprint density at radius 1 is 0.525 bits per heavy atom. The quantitative estimate of drug-likeness (QED) is 0.0203. The number of aliphatic hydroxyl groups excluding tert-OH is 4. The van der Waals surface area contributed by atoms with Crippen molar-refractivity contribution in [2.75, 3.05) is 19.8 Å².